The number of hydrogen-bond donors (Lipinski definition) is 0. The summed E-state index contributed by atoms with van der Waals surface area (Å²) >= 11 is 0. The minimum absolute atomic E-state index is 0.0433. The molecule has 1 amide bonds. The summed E-state index contributed by atoms with van der Waals surface area (Å²) in [5.41, 5.74) is 4.75. The van der Waals surface area contributed by atoms with Crippen molar-refractivity contribution in [3.63, 3.8) is 0 Å². The Bertz CT molecular complexity index is 1340. The minimum Gasteiger partial charge on any atom is -0.497 e. The second-order valence-corrected chi connectivity index (χ2v) is 10.4. The standard InChI is InChI=1S/C30H33N3O4/c1-36-25-8-6-22(7-9-25)29(34)32-17-21-16-24(20-32)28-11-10-27(30(35)33(28)18-21)26-5-3-2-4-23(26)19-31-12-14-37-15-13-31/h2-11,21,24H,12-20H2,1H3/t21-,24+/m0/s1. The highest BCUT2D eigenvalue weighted by Crippen LogP contribution is 2.36. The molecule has 4 heterocycles. The van der Waals surface area contributed by atoms with Gasteiger partial charge in [-0.3, -0.25) is 14.5 Å². The fraction of sp³-hybridized carbons (Fsp3) is 0.400. The molecular weight excluding hydrogens is 466 g/mol. The Morgan fingerprint density at radius 2 is 1.73 bits per heavy atom. The number of carbonyl (C=O) groups is 1. The van der Waals surface area contributed by atoms with Crippen molar-refractivity contribution in [1.82, 2.24) is 14.4 Å². The zero-order chi connectivity index (χ0) is 25.4. The van der Waals surface area contributed by atoms with Crippen molar-refractivity contribution in [2.45, 2.75) is 25.4 Å². The van der Waals surface area contributed by atoms with E-state index in [0.29, 0.717) is 25.2 Å². The second kappa shape index (κ2) is 10.1. The van der Waals surface area contributed by atoms with E-state index in [0.717, 1.165) is 61.8 Å². The van der Waals surface area contributed by atoms with Crippen molar-refractivity contribution in [3.05, 3.63) is 87.8 Å². The molecule has 2 saturated heterocycles. The van der Waals surface area contributed by atoms with Gasteiger partial charge in [-0.25, -0.2) is 0 Å². The van der Waals surface area contributed by atoms with Gasteiger partial charge in [0.15, 0.2) is 0 Å². The molecule has 0 saturated carbocycles. The quantitative estimate of drug-likeness (QED) is 0.537. The highest BCUT2D eigenvalue weighted by atomic mass is 16.5. The van der Waals surface area contributed by atoms with Crippen molar-refractivity contribution in [2.24, 2.45) is 5.92 Å². The predicted octanol–water partition coefficient (Wildman–Crippen LogP) is 3.62. The van der Waals surface area contributed by atoms with E-state index >= 15 is 0 Å². The van der Waals surface area contributed by atoms with Gasteiger partial charge >= 0.3 is 0 Å². The van der Waals surface area contributed by atoms with Crippen LogP contribution in [0.2, 0.25) is 0 Å². The van der Waals surface area contributed by atoms with E-state index in [1.807, 2.05) is 51.9 Å². The number of hydrogen-bond acceptors (Lipinski definition) is 5. The number of nitrogens with zero attached hydrogens (tertiary/aromatic N) is 3. The molecule has 3 aliphatic rings. The molecule has 2 aromatic carbocycles. The van der Waals surface area contributed by atoms with Crippen LogP contribution in [0.5, 0.6) is 5.75 Å². The number of methoxy groups -OCH3 is 1. The van der Waals surface area contributed by atoms with Crippen molar-refractivity contribution >= 4 is 5.91 Å². The molecule has 6 rings (SSSR count). The Hall–Kier alpha value is -3.42. The van der Waals surface area contributed by atoms with Crippen molar-refractivity contribution in [3.8, 4) is 16.9 Å². The lowest BCUT2D eigenvalue weighted by molar-refractivity contribution is 0.0342. The number of morpholine rings is 1. The monoisotopic (exact) mass is 499 g/mol. The normalized spacial score (nSPS) is 21.4. The third-order valence-corrected chi connectivity index (χ3v) is 8.03. The number of aromatic nitrogens is 1. The van der Waals surface area contributed by atoms with E-state index in [-0.39, 0.29) is 23.3 Å². The second-order valence-electron chi connectivity index (χ2n) is 10.4. The molecule has 7 nitrogen and oxygen atoms in total. The van der Waals surface area contributed by atoms with Crippen LogP contribution >= 0.6 is 0 Å². The first-order valence-electron chi connectivity index (χ1n) is 13.2. The number of carbonyl (C=O) groups excluding carboxylic acids is 1. The summed E-state index contributed by atoms with van der Waals surface area (Å²) in [4.78, 5) is 31.4. The fourth-order valence-corrected chi connectivity index (χ4v) is 6.15. The van der Waals surface area contributed by atoms with Crippen molar-refractivity contribution in [1.29, 1.82) is 0 Å². The summed E-state index contributed by atoms with van der Waals surface area (Å²) in [5, 5.41) is 0. The molecule has 1 aromatic heterocycles. The largest absolute Gasteiger partial charge is 0.497 e. The van der Waals surface area contributed by atoms with Crippen molar-refractivity contribution < 1.29 is 14.3 Å². The molecule has 7 heteroatoms. The van der Waals surface area contributed by atoms with Crippen LogP contribution in [0, 0.1) is 5.92 Å². The summed E-state index contributed by atoms with van der Waals surface area (Å²) < 4.78 is 12.7. The Balaban J connectivity index is 1.26. The molecule has 2 fully saturated rings. The van der Waals surface area contributed by atoms with Gasteiger partial charge in [0.25, 0.3) is 11.5 Å². The average molecular weight is 500 g/mol. The Morgan fingerprint density at radius 3 is 2.51 bits per heavy atom. The van der Waals surface area contributed by atoms with Crippen LogP contribution in [0.4, 0.5) is 0 Å². The molecule has 2 bridgehead atoms. The summed E-state index contributed by atoms with van der Waals surface area (Å²) in [7, 11) is 1.62. The van der Waals surface area contributed by atoms with E-state index < -0.39 is 0 Å². The molecule has 0 N–H and O–H groups in total. The maximum Gasteiger partial charge on any atom is 0.258 e. The fourth-order valence-electron chi connectivity index (χ4n) is 6.15. The maximum absolute atomic E-state index is 13.8. The van der Waals surface area contributed by atoms with Gasteiger partial charge < -0.3 is 18.9 Å². The zero-order valence-corrected chi connectivity index (χ0v) is 21.3. The van der Waals surface area contributed by atoms with Crippen LogP contribution in [-0.4, -0.2) is 66.8 Å². The van der Waals surface area contributed by atoms with E-state index in [2.05, 4.69) is 23.1 Å². The van der Waals surface area contributed by atoms with Crippen molar-refractivity contribution in [2.75, 3.05) is 46.5 Å². The van der Waals surface area contributed by atoms with Crippen LogP contribution < -0.4 is 10.3 Å². The van der Waals surface area contributed by atoms with Gasteiger partial charge in [0.2, 0.25) is 0 Å². The van der Waals surface area contributed by atoms with Crippen LogP contribution in [-0.2, 0) is 17.8 Å². The van der Waals surface area contributed by atoms with Gasteiger partial charge in [0, 0.05) is 62.0 Å². The average Bonchev–Trinajstić information content (AvgIpc) is 2.94. The number of benzene rings is 2. The molecular formula is C30H33N3O4. The Morgan fingerprint density at radius 1 is 0.946 bits per heavy atom. The first kappa shape index (κ1) is 23.9. The van der Waals surface area contributed by atoms with Gasteiger partial charge in [-0.1, -0.05) is 24.3 Å². The molecule has 0 aliphatic carbocycles. The van der Waals surface area contributed by atoms with Crippen LogP contribution in [0.25, 0.3) is 11.1 Å². The molecule has 0 unspecified atom stereocenters. The molecule has 3 aromatic rings. The number of rotatable bonds is 5. The topological polar surface area (TPSA) is 64.0 Å². The van der Waals surface area contributed by atoms with E-state index in [9.17, 15) is 9.59 Å². The summed E-state index contributed by atoms with van der Waals surface area (Å²) in [5.74, 6) is 1.22. The Kier molecular flexibility index (Phi) is 6.57. The number of likely N-dealkylation sites (tertiary alicyclic amines) is 1. The first-order chi connectivity index (χ1) is 18.1. The third-order valence-electron chi connectivity index (χ3n) is 8.03. The van der Waals surface area contributed by atoms with Gasteiger partial charge in [-0.15, -0.1) is 0 Å². The van der Waals surface area contributed by atoms with Gasteiger partial charge in [-0.05, 0) is 59.9 Å². The van der Waals surface area contributed by atoms with E-state index in [1.165, 1.54) is 5.56 Å². The lowest BCUT2D eigenvalue weighted by Gasteiger charge is -2.43. The number of pyridine rings is 1. The minimum atomic E-state index is 0.0433. The highest BCUT2D eigenvalue weighted by molar-refractivity contribution is 5.94. The highest BCUT2D eigenvalue weighted by Gasteiger charge is 2.37. The number of amides is 1. The molecule has 3 aliphatic heterocycles. The molecule has 2 atom stereocenters. The summed E-state index contributed by atoms with van der Waals surface area (Å²) in [6, 6.07) is 19.7. The molecule has 0 spiro atoms. The molecule has 37 heavy (non-hydrogen) atoms. The Labute approximate surface area is 217 Å². The van der Waals surface area contributed by atoms with Gasteiger partial charge in [0.1, 0.15) is 5.75 Å². The first-order valence-corrected chi connectivity index (χ1v) is 13.2. The molecule has 0 radical (unpaired) electrons. The number of fused-ring (bicyclic) bond motifs is 4. The SMILES string of the molecule is COc1ccc(C(=O)N2C[C@@H]3C[C@H](C2)c2ccc(-c4ccccc4CN4CCOCC4)c(=O)n2C3)cc1. The van der Waals surface area contributed by atoms with Crippen LogP contribution in [0.15, 0.2) is 65.5 Å². The van der Waals surface area contributed by atoms with Crippen LogP contribution in [0.3, 0.4) is 0 Å². The lowest BCUT2D eigenvalue weighted by atomic mass is 9.82. The van der Waals surface area contributed by atoms with E-state index in [1.54, 1.807) is 7.11 Å². The smallest absolute Gasteiger partial charge is 0.258 e. The van der Waals surface area contributed by atoms with E-state index in [4.69, 9.17) is 9.47 Å². The number of ether oxygens (including phenoxy) is 2. The molecule has 192 valence electrons. The number of piperidine rings is 1. The zero-order valence-electron chi connectivity index (χ0n) is 21.3. The third kappa shape index (κ3) is 4.69. The summed E-state index contributed by atoms with van der Waals surface area (Å²) in [6.45, 7) is 6.10. The van der Waals surface area contributed by atoms with Gasteiger partial charge in [-0.2, -0.15) is 0 Å². The maximum atomic E-state index is 13.8. The lowest BCUT2D eigenvalue weighted by Crippen LogP contribution is -2.49. The summed E-state index contributed by atoms with van der Waals surface area (Å²) in [6.07, 6.45) is 1.01. The predicted molar refractivity (Wildman–Crippen MR) is 142 cm³/mol. The van der Waals surface area contributed by atoms with Crippen LogP contribution in [0.1, 0.15) is 34.0 Å². The van der Waals surface area contributed by atoms with Gasteiger partial charge in [0.05, 0.1) is 20.3 Å².